The van der Waals surface area contributed by atoms with Crippen molar-refractivity contribution in [1.82, 2.24) is 10.2 Å². The van der Waals surface area contributed by atoms with Gasteiger partial charge in [-0.3, -0.25) is 9.59 Å². The molecule has 0 bridgehead atoms. The number of halogens is 1. The van der Waals surface area contributed by atoms with Crippen LogP contribution in [0.5, 0.6) is 0 Å². The van der Waals surface area contributed by atoms with Gasteiger partial charge in [0.2, 0.25) is 5.91 Å². The van der Waals surface area contributed by atoms with E-state index in [4.69, 9.17) is 16.3 Å². The van der Waals surface area contributed by atoms with Crippen molar-refractivity contribution < 1.29 is 24.2 Å². The maximum Gasteiger partial charge on any atom is 0.408 e. The van der Waals surface area contributed by atoms with E-state index in [0.29, 0.717) is 22.7 Å². The van der Waals surface area contributed by atoms with Crippen LogP contribution in [-0.4, -0.2) is 52.7 Å². The molecule has 2 atom stereocenters. The predicted molar refractivity (Wildman–Crippen MR) is 155 cm³/mol. The minimum atomic E-state index is -1.10. The highest BCUT2D eigenvalue weighted by atomic mass is 35.5. The van der Waals surface area contributed by atoms with E-state index >= 15 is 0 Å². The van der Waals surface area contributed by atoms with Crippen molar-refractivity contribution in [3.63, 3.8) is 0 Å². The van der Waals surface area contributed by atoms with Crippen LogP contribution in [0.2, 0.25) is 5.02 Å². The maximum atomic E-state index is 14.1. The van der Waals surface area contributed by atoms with Gasteiger partial charge in [0, 0.05) is 6.54 Å². The van der Waals surface area contributed by atoms with E-state index < -0.39 is 35.6 Å². The molecule has 0 aliphatic rings. The second-order valence-corrected chi connectivity index (χ2v) is 11.7. The van der Waals surface area contributed by atoms with Crippen LogP contribution in [-0.2, 0) is 14.3 Å². The molecule has 2 rings (SSSR count). The number of para-hydroxylation sites is 1. The molecular formula is C30H42ClN3O5. The summed E-state index contributed by atoms with van der Waals surface area (Å²) in [5.74, 6) is -0.943. The zero-order chi connectivity index (χ0) is 29.5. The lowest BCUT2D eigenvalue weighted by Crippen LogP contribution is -2.53. The maximum absolute atomic E-state index is 14.1. The number of nitrogens with one attached hydrogen (secondary N) is 2. The molecule has 2 unspecified atom stereocenters. The van der Waals surface area contributed by atoms with Crippen LogP contribution in [0.4, 0.5) is 10.5 Å². The van der Waals surface area contributed by atoms with Gasteiger partial charge in [0.25, 0.3) is 5.91 Å². The summed E-state index contributed by atoms with van der Waals surface area (Å²) >= 11 is 6.40. The SMILES string of the molecule is Cc1cc(C)cc(C(C(=O)Nc2c(C)cccc2Cl)N(CCO)C(=O)C(CC(C)C)NC(=O)OC(C)(C)C)c1. The van der Waals surface area contributed by atoms with Gasteiger partial charge in [-0.25, -0.2) is 4.79 Å². The second kappa shape index (κ2) is 13.8. The average Bonchev–Trinajstić information content (AvgIpc) is 2.78. The fourth-order valence-corrected chi connectivity index (χ4v) is 4.71. The van der Waals surface area contributed by atoms with E-state index in [9.17, 15) is 19.5 Å². The number of aryl methyl sites for hydroxylation is 3. The van der Waals surface area contributed by atoms with E-state index in [-0.39, 0.29) is 19.1 Å². The molecule has 0 aliphatic carbocycles. The molecule has 0 fully saturated rings. The largest absolute Gasteiger partial charge is 0.444 e. The van der Waals surface area contributed by atoms with E-state index in [2.05, 4.69) is 10.6 Å². The lowest BCUT2D eigenvalue weighted by molar-refractivity contribution is -0.141. The Morgan fingerprint density at radius 3 is 2.18 bits per heavy atom. The fraction of sp³-hybridized carbons (Fsp3) is 0.500. The summed E-state index contributed by atoms with van der Waals surface area (Å²) < 4.78 is 5.40. The first-order valence-electron chi connectivity index (χ1n) is 13.2. The molecule has 3 amide bonds. The molecule has 0 radical (unpaired) electrons. The number of hydrogen-bond donors (Lipinski definition) is 3. The van der Waals surface area contributed by atoms with Gasteiger partial charge in [-0.2, -0.15) is 0 Å². The van der Waals surface area contributed by atoms with Crippen LogP contribution < -0.4 is 10.6 Å². The number of anilines is 1. The first-order valence-corrected chi connectivity index (χ1v) is 13.6. The van der Waals surface area contributed by atoms with Crippen LogP contribution in [0.3, 0.4) is 0 Å². The summed E-state index contributed by atoms with van der Waals surface area (Å²) in [6.45, 7) is 14.2. The molecule has 0 spiro atoms. The van der Waals surface area contributed by atoms with Crippen molar-refractivity contribution in [3.05, 3.63) is 63.7 Å². The van der Waals surface area contributed by atoms with Crippen LogP contribution in [0.15, 0.2) is 36.4 Å². The molecule has 214 valence electrons. The Hall–Kier alpha value is -3.10. The molecule has 39 heavy (non-hydrogen) atoms. The van der Waals surface area contributed by atoms with Gasteiger partial charge in [0.1, 0.15) is 17.7 Å². The number of benzene rings is 2. The molecule has 0 saturated carbocycles. The predicted octanol–water partition coefficient (Wildman–Crippen LogP) is 5.71. The number of hydrogen-bond acceptors (Lipinski definition) is 5. The lowest BCUT2D eigenvalue weighted by atomic mass is 9.96. The number of aliphatic hydroxyl groups excluding tert-OH is 1. The Kier molecular flexibility index (Phi) is 11.4. The third-order valence-corrected chi connectivity index (χ3v) is 6.23. The van der Waals surface area contributed by atoms with Crippen LogP contribution in [0, 0.1) is 26.7 Å². The molecule has 2 aromatic rings. The molecule has 0 saturated heterocycles. The molecule has 0 aliphatic heterocycles. The Morgan fingerprint density at radius 1 is 1.05 bits per heavy atom. The van der Waals surface area contributed by atoms with Crippen molar-refractivity contribution in [2.24, 2.45) is 5.92 Å². The topological polar surface area (TPSA) is 108 Å². The quantitative estimate of drug-likeness (QED) is 0.346. The highest BCUT2D eigenvalue weighted by Crippen LogP contribution is 2.30. The molecule has 9 heteroatoms. The van der Waals surface area contributed by atoms with Gasteiger partial charge in [-0.15, -0.1) is 0 Å². The number of carbonyl (C=O) groups excluding carboxylic acids is 3. The van der Waals surface area contributed by atoms with Gasteiger partial charge >= 0.3 is 6.09 Å². The summed E-state index contributed by atoms with van der Waals surface area (Å²) in [4.78, 5) is 42.0. The van der Waals surface area contributed by atoms with Crippen LogP contribution in [0.25, 0.3) is 0 Å². The van der Waals surface area contributed by atoms with E-state index in [1.165, 1.54) is 4.90 Å². The molecule has 2 aromatic carbocycles. The third-order valence-electron chi connectivity index (χ3n) is 5.91. The Morgan fingerprint density at radius 2 is 1.67 bits per heavy atom. The van der Waals surface area contributed by atoms with E-state index in [1.54, 1.807) is 32.9 Å². The van der Waals surface area contributed by atoms with Crippen molar-refractivity contribution in [1.29, 1.82) is 0 Å². The van der Waals surface area contributed by atoms with Gasteiger partial charge in [-0.05, 0) is 71.1 Å². The summed E-state index contributed by atoms with van der Waals surface area (Å²) in [5.41, 5.74) is 2.86. The number of nitrogens with zero attached hydrogens (tertiary/aromatic N) is 1. The summed E-state index contributed by atoms with van der Waals surface area (Å²) in [6.07, 6.45) is -0.422. The summed E-state index contributed by atoms with van der Waals surface area (Å²) in [6, 6.07) is 8.86. The first kappa shape index (κ1) is 32.1. The minimum Gasteiger partial charge on any atom is -0.444 e. The Balaban J connectivity index is 2.59. The van der Waals surface area contributed by atoms with Crippen LogP contribution in [0.1, 0.15) is 69.3 Å². The molecular weight excluding hydrogens is 518 g/mol. The first-order chi connectivity index (χ1) is 18.1. The monoisotopic (exact) mass is 559 g/mol. The second-order valence-electron chi connectivity index (χ2n) is 11.3. The fourth-order valence-electron chi connectivity index (χ4n) is 4.44. The van der Waals surface area contributed by atoms with Gasteiger partial charge in [0.15, 0.2) is 0 Å². The van der Waals surface area contributed by atoms with Crippen molar-refractivity contribution in [2.45, 2.75) is 79.5 Å². The summed E-state index contributed by atoms with van der Waals surface area (Å²) in [7, 11) is 0. The average molecular weight is 560 g/mol. The third kappa shape index (κ3) is 9.55. The van der Waals surface area contributed by atoms with E-state index in [0.717, 1.165) is 16.7 Å². The number of alkyl carbamates (subject to hydrolysis) is 1. The lowest BCUT2D eigenvalue weighted by Gasteiger charge is -2.35. The zero-order valence-electron chi connectivity index (χ0n) is 24.2. The number of aliphatic hydroxyl groups is 1. The van der Waals surface area contributed by atoms with Crippen molar-refractivity contribution in [3.8, 4) is 0 Å². The minimum absolute atomic E-state index is 0.0455. The Labute approximate surface area is 237 Å². The van der Waals surface area contributed by atoms with E-state index in [1.807, 2.05) is 58.9 Å². The molecule has 0 aromatic heterocycles. The smallest absolute Gasteiger partial charge is 0.408 e. The molecule has 8 nitrogen and oxygen atoms in total. The zero-order valence-corrected chi connectivity index (χ0v) is 25.0. The molecule has 3 N–H and O–H groups in total. The van der Waals surface area contributed by atoms with Gasteiger partial charge in [-0.1, -0.05) is 66.9 Å². The van der Waals surface area contributed by atoms with Crippen molar-refractivity contribution in [2.75, 3.05) is 18.5 Å². The highest BCUT2D eigenvalue weighted by Gasteiger charge is 2.37. The number of ether oxygens (including phenoxy) is 1. The van der Waals surface area contributed by atoms with Gasteiger partial charge < -0.3 is 25.4 Å². The standard InChI is InChI=1S/C30H42ClN3O5/c1-18(2)14-24(32-29(38)39-30(6,7)8)28(37)34(12-13-35)26(22-16-19(3)15-20(4)17-22)27(36)33-25-21(5)10-9-11-23(25)31/h9-11,15-18,24,26,35H,12-14H2,1-8H3,(H,32,38)(H,33,36). The highest BCUT2D eigenvalue weighted by molar-refractivity contribution is 6.34. The number of amides is 3. The normalized spacial score (nSPS) is 13.0. The number of rotatable bonds is 10. The van der Waals surface area contributed by atoms with Crippen LogP contribution >= 0.6 is 11.6 Å². The van der Waals surface area contributed by atoms with Gasteiger partial charge in [0.05, 0.1) is 17.3 Å². The van der Waals surface area contributed by atoms with Crippen molar-refractivity contribution >= 4 is 35.2 Å². The molecule has 0 heterocycles. The Bertz CT molecular complexity index is 1140. The number of carbonyl (C=O) groups is 3. The summed E-state index contributed by atoms with van der Waals surface area (Å²) in [5, 5.41) is 16.0.